The number of hydrogen-bond acceptors (Lipinski definition) is 4. The molecule has 3 aromatic rings. The second-order valence-corrected chi connectivity index (χ2v) is 9.39. The first-order valence-electron chi connectivity index (χ1n) is 12.4. The molecule has 37 heavy (non-hydrogen) atoms. The maximum Gasteiger partial charge on any atom is 0.326 e. The highest BCUT2D eigenvalue weighted by molar-refractivity contribution is 5.91. The molecule has 1 aliphatic heterocycles. The van der Waals surface area contributed by atoms with Gasteiger partial charge < -0.3 is 14.7 Å². The van der Waals surface area contributed by atoms with Crippen molar-refractivity contribution in [2.75, 3.05) is 27.2 Å². The van der Waals surface area contributed by atoms with E-state index < -0.39 is 17.9 Å². The predicted octanol–water partition coefficient (Wildman–Crippen LogP) is 4.17. The molecule has 1 fully saturated rings. The maximum atomic E-state index is 13.9. The van der Waals surface area contributed by atoms with Crippen LogP contribution in [0.3, 0.4) is 0 Å². The monoisotopic (exact) mass is 496 g/mol. The third-order valence-corrected chi connectivity index (χ3v) is 6.94. The Kier molecular flexibility index (Phi) is 8.27. The van der Waals surface area contributed by atoms with Gasteiger partial charge in [0.15, 0.2) is 0 Å². The Morgan fingerprint density at radius 2 is 1.68 bits per heavy atom. The van der Waals surface area contributed by atoms with Gasteiger partial charge in [-0.25, -0.2) is 4.79 Å². The van der Waals surface area contributed by atoms with Crippen LogP contribution in [0.4, 0.5) is 0 Å². The van der Waals surface area contributed by atoms with Crippen molar-refractivity contribution in [3.63, 3.8) is 0 Å². The molecule has 0 spiro atoms. The van der Waals surface area contributed by atoms with Gasteiger partial charge in [0, 0.05) is 18.2 Å². The Hall–Kier alpha value is -4.08. The summed E-state index contributed by atoms with van der Waals surface area (Å²) >= 11 is 0. The second kappa shape index (κ2) is 11.8. The molecular formula is C31H32N2O4. The molecule has 1 aliphatic rings. The van der Waals surface area contributed by atoms with Crippen molar-refractivity contribution in [3.8, 4) is 17.6 Å². The van der Waals surface area contributed by atoms with Crippen LogP contribution in [0, 0.1) is 18.8 Å². The van der Waals surface area contributed by atoms with Gasteiger partial charge in [0.2, 0.25) is 5.91 Å². The number of carbonyl (C=O) groups is 2. The van der Waals surface area contributed by atoms with Gasteiger partial charge in [-0.15, -0.1) is 0 Å². The van der Waals surface area contributed by atoms with Crippen LogP contribution in [0.15, 0.2) is 78.9 Å². The normalized spacial score (nSPS) is 16.9. The van der Waals surface area contributed by atoms with Gasteiger partial charge in [-0.3, -0.25) is 9.69 Å². The first-order chi connectivity index (χ1) is 17.9. The number of ether oxygens (including phenoxy) is 1. The molecule has 1 heterocycles. The van der Waals surface area contributed by atoms with Crippen molar-refractivity contribution < 1.29 is 19.4 Å². The summed E-state index contributed by atoms with van der Waals surface area (Å²) in [5.74, 6) is 5.45. The highest BCUT2D eigenvalue weighted by Gasteiger charge is 2.43. The van der Waals surface area contributed by atoms with Crippen molar-refractivity contribution in [2.45, 2.75) is 31.3 Å². The summed E-state index contributed by atoms with van der Waals surface area (Å²) in [4.78, 5) is 29.7. The van der Waals surface area contributed by atoms with Gasteiger partial charge in [-0.2, -0.15) is 0 Å². The molecular weight excluding hydrogens is 464 g/mol. The number of aliphatic carboxylic acids is 1. The van der Waals surface area contributed by atoms with Crippen LogP contribution in [-0.2, 0) is 9.59 Å². The van der Waals surface area contributed by atoms with E-state index in [0.717, 1.165) is 28.0 Å². The Morgan fingerprint density at radius 3 is 2.22 bits per heavy atom. The molecule has 0 radical (unpaired) electrons. The lowest BCUT2D eigenvalue weighted by molar-refractivity contribution is -0.148. The van der Waals surface area contributed by atoms with E-state index in [2.05, 4.69) is 11.8 Å². The topological polar surface area (TPSA) is 70.1 Å². The average molecular weight is 497 g/mol. The fourth-order valence-corrected chi connectivity index (χ4v) is 4.90. The van der Waals surface area contributed by atoms with Crippen LogP contribution < -0.4 is 4.74 Å². The van der Waals surface area contributed by atoms with Crippen molar-refractivity contribution in [1.82, 2.24) is 9.80 Å². The number of amides is 1. The first kappa shape index (κ1) is 26.0. The Balaban J connectivity index is 1.52. The smallest absolute Gasteiger partial charge is 0.326 e. The molecule has 0 bridgehead atoms. The van der Waals surface area contributed by atoms with E-state index >= 15 is 0 Å². The molecule has 1 N–H and O–H groups in total. The van der Waals surface area contributed by atoms with Crippen LogP contribution in [0.25, 0.3) is 0 Å². The highest BCUT2D eigenvalue weighted by atomic mass is 16.5. The third kappa shape index (κ3) is 6.02. The van der Waals surface area contributed by atoms with Gasteiger partial charge >= 0.3 is 5.97 Å². The van der Waals surface area contributed by atoms with Crippen molar-refractivity contribution >= 4 is 11.9 Å². The Morgan fingerprint density at radius 1 is 1.05 bits per heavy atom. The summed E-state index contributed by atoms with van der Waals surface area (Å²) in [6.45, 7) is 2.78. The number of rotatable bonds is 7. The van der Waals surface area contributed by atoms with Gasteiger partial charge in [0.1, 0.15) is 11.8 Å². The summed E-state index contributed by atoms with van der Waals surface area (Å²) in [5.41, 5.74) is 3.61. The van der Waals surface area contributed by atoms with Gasteiger partial charge in [-0.1, -0.05) is 72.5 Å². The van der Waals surface area contributed by atoms with Gasteiger partial charge in [0.25, 0.3) is 0 Å². The van der Waals surface area contributed by atoms with Gasteiger partial charge in [-0.05, 0) is 55.3 Å². The SMILES string of the molecule is COc1ccc(C#CCN(C)[C@H]2C[C@@H](C(=O)O)N(C(=O)C(c3ccccc3)c3ccccc3)C2)cc1C. The summed E-state index contributed by atoms with van der Waals surface area (Å²) in [7, 11) is 3.57. The van der Waals surface area contributed by atoms with Crippen molar-refractivity contribution in [1.29, 1.82) is 0 Å². The van der Waals surface area contributed by atoms with E-state index in [-0.39, 0.29) is 11.9 Å². The zero-order valence-corrected chi connectivity index (χ0v) is 21.4. The molecule has 0 aromatic heterocycles. The number of benzene rings is 3. The summed E-state index contributed by atoms with van der Waals surface area (Å²) < 4.78 is 5.31. The molecule has 190 valence electrons. The summed E-state index contributed by atoms with van der Waals surface area (Å²) in [6, 6.07) is 23.9. The van der Waals surface area contributed by atoms with Gasteiger partial charge in [0.05, 0.1) is 19.6 Å². The fourth-order valence-electron chi connectivity index (χ4n) is 4.90. The quantitative estimate of drug-likeness (QED) is 0.497. The molecule has 0 aliphatic carbocycles. The summed E-state index contributed by atoms with van der Waals surface area (Å²) in [6.07, 6.45) is 0.358. The zero-order valence-electron chi connectivity index (χ0n) is 21.4. The molecule has 0 saturated carbocycles. The predicted molar refractivity (Wildman–Crippen MR) is 144 cm³/mol. The largest absolute Gasteiger partial charge is 0.496 e. The Bertz CT molecular complexity index is 1260. The first-order valence-corrected chi connectivity index (χ1v) is 12.4. The van der Waals surface area contributed by atoms with Crippen LogP contribution in [0.2, 0.25) is 0 Å². The minimum atomic E-state index is -0.982. The molecule has 1 amide bonds. The van der Waals surface area contributed by atoms with Crippen molar-refractivity contribution in [3.05, 3.63) is 101 Å². The van der Waals surface area contributed by atoms with E-state index in [1.807, 2.05) is 97.7 Å². The third-order valence-electron chi connectivity index (χ3n) is 6.94. The number of nitrogens with zero attached hydrogens (tertiary/aromatic N) is 2. The molecule has 0 unspecified atom stereocenters. The molecule has 6 heteroatoms. The minimum absolute atomic E-state index is 0.107. The second-order valence-electron chi connectivity index (χ2n) is 9.39. The molecule has 2 atom stereocenters. The van der Waals surface area contributed by atoms with Crippen LogP contribution in [0.5, 0.6) is 5.75 Å². The lowest BCUT2D eigenvalue weighted by Crippen LogP contribution is -2.43. The van der Waals surface area contributed by atoms with E-state index in [4.69, 9.17) is 4.74 Å². The number of methoxy groups -OCH3 is 1. The number of likely N-dealkylation sites (tertiary alicyclic amines) is 1. The van der Waals surface area contributed by atoms with E-state index in [1.165, 1.54) is 4.90 Å². The lowest BCUT2D eigenvalue weighted by atomic mass is 9.90. The van der Waals surface area contributed by atoms with Crippen LogP contribution in [0.1, 0.15) is 34.6 Å². The molecule has 3 aromatic carbocycles. The summed E-state index contributed by atoms with van der Waals surface area (Å²) in [5, 5.41) is 10.00. The number of hydrogen-bond donors (Lipinski definition) is 1. The van der Waals surface area contributed by atoms with Crippen LogP contribution in [-0.4, -0.2) is 66.1 Å². The number of carbonyl (C=O) groups excluding carboxylic acids is 1. The number of carboxylic acid groups (broad SMARTS) is 1. The fraction of sp³-hybridized carbons (Fsp3) is 0.290. The molecule has 1 saturated heterocycles. The maximum absolute atomic E-state index is 13.9. The standard InChI is InChI=1S/C31H32N2O4/c1-22-19-23(16-17-28(22)37-3)11-10-18-32(2)26-20-27(31(35)36)33(21-26)30(34)29(24-12-6-4-7-13-24)25-14-8-5-9-15-25/h4-9,12-17,19,26-27,29H,18,20-21H2,1-3H3,(H,35,36)/t26-,27-/m0/s1. The lowest BCUT2D eigenvalue weighted by Gasteiger charge is -2.28. The minimum Gasteiger partial charge on any atom is -0.496 e. The average Bonchev–Trinajstić information content (AvgIpc) is 3.36. The molecule has 6 nitrogen and oxygen atoms in total. The number of carboxylic acids is 1. The number of aryl methyl sites for hydroxylation is 1. The molecule has 4 rings (SSSR count). The van der Waals surface area contributed by atoms with Crippen molar-refractivity contribution in [2.24, 2.45) is 0 Å². The highest BCUT2D eigenvalue weighted by Crippen LogP contribution is 2.31. The van der Waals surface area contributed by atoms with E-state index in [1.54, 1.807) is 7.11 Å². The van der Waals surface area contributed by atoms with E-state index in [9.17, 15) is 14.7 Å². The Labute approximate surface area is 218 Å². The van der Waals surface area contributed by atoms with E-state index in [0.29, 0.717) is 19.5 Å². The van der Waals surface area contributed by atoms with Crippen LogP contribution >= 0.6 is 0 Å². The number of likely N-dealkylation sites (N-methyl/N-ethyl adjacent to an activating group) is 1. The zero-order chi connectivity index (χ0) is 26.4.